The van der Waals surface area contributed by atoms with E-state index in [9.17, 15) is 10.1 Å². The Labute approximate surface area is 168 Å². The normalized spacial score (nSPS) is 11.0. The van der Waals surface area contributed by atoms with Crippen LogP contribution in [0.4, 0.5) is 5.69 Å². The van der Waals surface area contributed by atoms with Gasteiger partial charge in [0.25, 0.3) is 11.5 Å². The molecule has 29 heavy (non-hydrogen) atoms. The van der Waals surface area contributed by atoms with Gasteiger partial charge in [0.1, 0.15) is 5.69 Å². The third-order valence-corrected chi connectivity index (χ3v) is 5.34. The van der Waals surface area contributed by atoms with Crippen molar-refractivity contribution in [2.24, 2.45) is 0 Å². The number of rotatable bonds is 4. The maximum atomic E-state index is 11.0. The van der Waals surface area contributed by atoms with Gasteiger partial charge in [-0.2, -0.15) is 0 Å². The largest absolute Gasteiger partial charge is 0.365 e. The lowest BCUT2D eigenvalue weighted by atomic mass is 10.2. The molecule has 9 heteroatoms. The number of hydrogen-bond donors (Lipinski definition) is 0. The summed E-state index contributed by atoms with van der Waals surface area (Å²) in [5.41, 5.74) is 2.40. The lowest BCUT2D eigenvalue weighted by Crippen LogP contribution is -2.43. The number of aromatic nitrogens is 5. The van der Waals surface area contributed by atoms with Crippen LogP contribution >= 0.6 is 11.3 Å². The number of tetrazole rings is 1. The molecular weight excluding hydrogens is 388 g/mol. The number of thiazole rings is 1. The molecule has 0 bridgehead atoms. The molecule has 140 valence electrons. The predicted octanol–water partition coefficient (Wildman–Crippen LogP) is 3.73. The van der Waals surface area contributed by atoms with Gasteiger partial charge >= 0.3 is 5.13 Å². The second kappa shape index (κ2) is 6.88. The van der Waals surface area contributed by atoms with E-state index >= 15 is 0 Å². The van der Waals surface area contributed by atoms with Crippen LogP contribution in [0.2, 0.25) is 0 Å². The van der Waals surface area contributed by atoms with Crippen LogP contribution in [0.15, 0.2) is 78.9 Å². The highest BCUT2D eigenvalue weighted by Crippen LogP contribution is 2.23. The third kappa shape index (κ3) is 3.13. The minimum Gasteiger partial charge on any atom is -0.258 e. The van der Waals surface area contributed by atoms with Gasteiger partial charge in [0.05, 0.1) is 9.62 Å². The number of fused-ring (bicyclic) bond motifs is 1. The molecule has 0 spiro atoms. The highest BCUT2D eigenvalue weighted by atomic mass is 32.1. The maximum absolute atomic E-state index is 11.0. The van der Waals surface area contributed by atoms with Crippen LogP contribution < -0.4 is 4.80 Å². The molecule has 2 aromatic heterocycles. The van der Waals surface area contributed by atoms with E-state index in [1.165, 1.54) is 23.5 Å². The lowest BCUT2D eigenvalue weighted by Gasteiger charge is -1.98. The van der Waals surface area contributed by atoms with Gasteiger partial charge in [-0.25, -0.2) is 0 Å². The van der Waals surface area contributed by atoms with Crippen LogP contribution in [-0.2, 0) is 0 Å². The summed E-state index contributed by atoms with van der Waals surface area (Å²) in [7, 11) is 0. The summed E-state index contributed by atoms with van der Waals surface area (Å²) in [6, 6.07) is 23.7. The monoisotopic (exact) mass is 401 g/mol. The van der Waals surface area contributed by atoms with Gasteiger partial charge in [-0.15, -0.1) is 0 Å². The third-order valence-electron chi connectivity index (χ3n) is 4.34. The summed E-state index contributed by atoms with van der Waals surface area (Å²) in [5, 5.41) is 20.9. The van der Waals surface area contributed by atoms with Crippen LogP contribution in [0.3, 0.4) is 0 Å². The quantitative estimate of drug-likeness (QED) is 0.260. The first-order valence-corrected chi connectivity index (χ1v) is 9.56. The molecule has 0 unspecified atom stereocenters. The van der Waals surface area contributed by atoms with Crippen LogP contribution in [0, 0.1) is 10.1 Å². The van der Waals surface area contributed by atoms with Crippen molar-refractivity contribution in [3.8, 4) is 22.2 Å². The van der Waals surface area contributed by atoms with Gasteiger partial charge in [-0.05, 0) is 51.1 Å². The zero-order valence-electron chi connectivity index (χ0n) is 14.9. The van der Waals surface area contributed by atoms with E-state index in [2.05, 4.69) is 15.2 Å². The Balaban J connectivity index is 1.69. The van der Waals surface area contributed by atoms with Crippen molar-refractivity contribution >= 4 is 27.2 Å². The van der Waals surface area contributed by atoms with Crippen molar-refractivity contribution in [2.45, 2.75) is 0 Å². The molecule has 0 aliphatic carbocycles. The van der Waals surface area contributed by atoms with E-state index < -0.39 is 4.92 Å². The summed E-state index contributed by atoms with van der Waals surface area (Å²) < 4.78 is 1.04. The van der Waals surface area contributed by atoms with Gasteiger partial charge < -0.3 is 0 Å². The number of benzene rings is 3. The fraction of sp³-hybridized carbons (Fsp3) is 0. The molecule has 0 fully saturated rings. The number of para-hydroxylation sites is 1. The first-order valence-electron chi connectivity index (χ1n) is 8.75. The Hall–Kier alpha value is -3.98. The van der Waals surface area contributed by atoms with Crippen LogP contribution in [0.5, 0.6) is 0 Å². The zero-order valence-corrected chi connectivity index (χ0v) is 15.7. The standard InChI is InChI=1S/C20H13N6O2S/c27-26(28)16-12-10-15(11-13-16)24-22-19(14-6-2-1-3-7-14)23-25(24)20-21-17-8-4-5-9-18(17)29-20/h1-13H/q+1. The molecular formula is C20H13N6O2S+. The number of non-ortho nitro benzene ring substituents is 1. The Morgan fingerprint density at radius 3 is 2.38 bits per heavy atom. The van der Waals surface area contributed by atoms with Gasteiger partial charge in [0.15, 0.2) is 5.52 Å². The molecule has 0 radical (unpaired) electrons. The van der Waals surface area contributed by atoms with Crippen LogP contribution in [0.25, 0.3) is 32.4 Å². The summed E-state index contributed by atoms with van der Waals surface area (Å²) in [5.74, 6) is 0.531. The number of nitro benzene ring substituents is 1. The second-order valence-electron chi connectivity index (χ2n) is 6.21. The Bertz CT molecular complexity index is 1300. The van der Waals surface area contributed by atoms with E-state index in [1.54, 1.807) is 21.7 Å². The SMILES string of the molecule is O=[N+]([O-])c1ccc(-n2nc(-c3ccccc3)n[n+]2-c2nc3ccccc3s2)cc1. The number of nitro groups is 1. The molecule has 0 amide bonds. The van der Waals surface area contributed by atoms with Gasteiger partial charge in [0, 0.05) is 22.8 Å². The van der Waals surface area contributed by atoms with Gasteiger partial charge in [-0.1, -0.05) is 46.7 Å². The lowest BCUT2D eigenvalue weighted by molar-refractivity contribution is -0.734. The molecule has 5 aromatic rings. The molecule has 2 heterocycles. The minimum absolute atomic E-state index is 0.0173. The van der Waals surface area contributed by atoms with Crippen molar-refractivity contribution in [1.82, 2.24) is 20.0 Å². The molecule has 8 nitrogen and oxygen atoms in total. The van der Waals surface area contributed by atoms with E-state index in [4.69, 9.17) is 0 Å². The van der Waals surface area contributed by atoms with Crippen LogP contribution in [0.1, 0.15) is 0 Å². The summed E-state index contributed by atoms with van der Waals surface area (Å²) in [6.07, 6.45) is 0. The minimum atomic E-state index is -0.428. The Kier molecular flexibility index (Phi) is 4.07. The van der Waals surface area contributed by atoms with Crippen molar-refractivity contribution in [3.05, 3.63) is 89.0 Å². The molecule has 0 atom stereocenters. The Morgan fingerprint density at radius 2 is 1.66 bits per heavy atom. The summed E-state index contributed by atoms with van der Waals surface area (Å²) in [6.45, 7) is 0. The molecule has 0 N–H and O–H groups in total. The molecule has 0 saturated heterocycles. The molecule has 3 aromatic carbocycles. The highest BCUT2D eigenvalue weighted by Gasteiger charge is 2.24. The van der Waals surface area contributed by atoms with Gasteiger partial charge in [0.2, 0.25) is 0 Å². The average Bonchev–Trinajstić information content (AvgIpc) is 3.39. The first kappa shape index (κ1) is 17.1. The smallest absolute Gasteiger partial charge is 0.258 e. The van der Waals surface area contributed by atoms with Crippen molar-refractivity contribution in [2.75, 3.05) is 0 Å². The van der Waals surface area contributed by atoms with Crippen molar-refractivity contribution in [3.63, 3.8) is 0 Å². The zero-order chi connectivity index (χ0) is 19.8. The summed E-state index contributed by atoms with van der Waals surface area (Å²) >= 11 is 1.50. The topological polar surface area (TPSA) is 90.6 Å². The number of nitrogens with zero attached hydrogens (tertiary/aromatic N) is 6. The molecule has 0 aliphatic heterocycles. The second-order valence-corrected chi connectivity index (χ2v) is 7.22. The van der Waals surface area contributed by atoms with Crippen molar-refractivity contribution in [1.29, 1.82) is 0 Å². The number of hydrogen-bond acceptors (Lipinski definition) is 6. The van der Waals surface area contributed by atoms with E-state index in [0.717, 1.165) is 15.8 Å². The van der Waals surface area contributed by atoms with E-state index in [-0.39, 0.29) is 5.69 Å². The Morgan fingerprint density at radius 1 is 0.931 bits per heavy atom. The molecule has 0 aliphatic rings. The summed E-state index contributed by atoms with van der Waals surface area (Å²) in [4.78, 5) is 18.4. The molecule has 0 saturated carbocycles. The molecule has 5 rings (SSSR count). The average molecular weight is 401 g/mol. The van der Waals surface area contributed by atoms with Gasteiger partial charge in [-0.3, -0.25) is 10.1 Å². The van der Waals surface area contributed by atoms with E-state index in [1.807, 2.05) is 54.6 Å². The first-order chi connectivity index (χ1) is 14.2. The predicted molar refractivity (Wildman–Crippen MR) is 108 cm³/mol. The maximum Gasteiger partial charge on any atom is 0.365 e. The van der Waals surface area contributed by atoms with Crippen molar-refractivity contribution < 1.29 is 9.72 Å². The van der Waals surface area contributed by atoms with Crippen LogP contribution in [-0.4, -0.2) is 24.9 Å². The highest BCUT2D eigenvalue weighted by molar-refractivity contribution is 7.20. The fourth-order valence-corrected chi connectivity index (χ4v) is 3.84. The van der Waals surface area contributed by atoms with E-state index in [0.29, 0.717) is 16.6 Å². The fourth-order valence-electron chi connectivity index (χ4n) is 2.93.